The molecule has 0 aliphatic carbocycles. The van der Waals surface area contributed by atoms with Gasteiger partial charge in [-0.05, 0) is 48.4 Å². The fourth-order valence-corrected chi connectivity index (χ4v) is 3.13. The maximum absolute atomic E-state index is 13.4. The number of hydrogen-bond donors (Lipinski definition) is 1. The molecular formula is C22H20ClFN2O4. The van der Waals surface area contributed by atoms with Crippen molar-refractivity contribution in [3.05, 3.63) is 92.7 Å². The summed E-state index contributed by atoms with van der Waals surface area (Å²) in [6, 6.07) is 15.9. The number of nitro groups is 1. The second kappa shape index (κ2) is 9.93. The minimum absolute atomic E-state index is 0.00846. The van der Waals surface area contributed by atoms with Crippen molar-refractivity contribution in [2.24, 2.45) is 0 Å². The molecule has 156 valence electrons. The monoisotopic (exact) mass is 430 g/mol. The number of non-ortho nitro benzene ring substituents is 1. The first-order valence-corrected chi connectivity index (χ1v) is 9.65. The lowest BCUT2D eigenvalue weighted by atomic mass is 10.2. The number of rotatable bonds is 9. The molecule has 0 aliphatic rings. The topological polar surface area (TPSA) is 73.6 Å². The van der Waals surface area contributed by atoms with Gasteiger partial charge in [-0.25, -0.2) is 4.39 Å². The first-order chi connectivity index (χ1) is 14.5. The van der Waals surface area contributed by atoms with Gasteiger partial charge in [0.2, 0.25) is 0 Å². The largest absolute Gasteiger partial charge is 0.490 e. The van der Waals surface area contributed by atoms with Gasteiger partial charge in [-0.15, -0.1) is 0 Å². The van der Waals surface area contributed by atoms with Crippen LogP contribution in [0.2, 0.25) is 5.02 Å². The van der Waals surface area contributed by atoms with Gasteiger partial charge in [-0.1, -0.05) is 29.8 Å². The summed E-state index contributed by atoms with van der Waals surface area (Å²) in [5.74, 6) is 0.508. The van der Waals surface area contributed by atoms with E-state index >= 15 is 0 Å². The third-order valence-electron chi connectivity index (χ3n) is 4.19. The zero-order valence-corrected chi connectivity index (χ0v) is 17.0. The van der Waals surface area contributed by atoms with Gasteiger partial charge in [0.25, 0.3) is 5.69 Å². The minimum atomic E-state index is -0.444. The van der Waals surface area contributed by atoms with Gasteiger partial charge in [0.1, 0.15) is 12.4 Å². The molecular weight excluding hydrogens is 411 g/mol. The second-order valence-electron chi connectivity index (χ2n) is 6.42. The zero-order valence-electron chi connectivity index (χ0n) is 16.2. The lowest BCUT2D eigenvalue weighted by molar-refractivity contribution is -0.384. The van der Waals surface area contributed by atoms with E-state index in [1.807, 2.05) is 6.92 Å². The molecule has 0 spiro atoms. The van der Waals surface area contributed by atoms with Crippen molar-refractivity contribution in [2.45, 2.75) is 20.1 Å². The third-order valence-corrected chi connectivity index (χ3v) is 4.48. The highest BCUT2D eigenvalue weighted by Crippen LogP contribution is 2.37. The number of halogens is 2. The molecule has 3 aromatic rings. The maximum atomic E-state index is 13.4. The number of hydrogen-bond acceptors (Lipinski definition) is 5. The summed E-state index contributed by atoms with van der Waals surface area (Å²) in [5, 5.41) is 14.4. The van der Waals surface area contributed by atoms with Gasteiger partial charge in [0, 0.05) is 24.4 Å². The van der Waals surface area contributed by atoms with Crippen molar-refractivity contribution >= 4 is 23.0 Å². The van der Waals surface area contributed by atoms with Crippen molar-refractivity contribution in [3.8, 4) is 11.5 Å². The second-order valence-corrected chi connectivity index (χ2v) is 6.82. The fraction of sp³-hybridized carbons (Fsp3) is 0.182. The molecule has 3 rings (SSSR count). The van der Waals surface area contributed by atoms with E-state index in [1.165, 1.54) is 24.3 Å². The molecule has 8 heteroatoms. The molecule has 0 saturated heterocycles. The Kier molecular flexibility index (Phi) is 7.08. The number of anilines is 1. The molecule has 0 atom stereocenters. The Balaban J connectivity index is 1.75. The number of nitrogens with zero attached hydrogens (tertiary/aromatic N) is 1. The summed E-state index contributed by atoms with van der Waals surface area (Å²) in [4.78, 5) is 10.5. The smallest absolute Gasteiger partial charge is 0.271 e. The number of nitro benzene ring substituents is 1. The van der Waals surface area contributed by atoms with Crippen LogP contribution in [0.15, 0.2) is 60.7 Å². The van der Waals surface area contributed by atoms with Crippen LogP contribution in [-0.2, 0) is 13.2 Å². The lowest BCUT2D eigenvalue weighted by Gasteiger charge is -2.16. The molecule has 6 nitrogen and oxygen atoms in total. The molecule has 1 N–H and O–H groups in total. The Hall–Kier alpha value is -3.32. The number of nitrogens with one attached hydrogen (secondary N) is 1. The van der Waals surface area contributed by atoms with Gasteiger partial charge < -0.3 is 14.8 Å². The molecule has 0 radical (unpaired) electrons. The van der Waals surface area contributed by atoms with E-state index in [9.17, 15) is 14.5 Å². The summed E-state index contributed by atoms with van der Waals surface area (Å²) in [6.45, 7) is 2.78. The fourth-order valence-electron chi connectivity index (χ4n) is 2.84. The Morgan fingerprint density at radius 2 is 1.87 bits per heavy atom. The summed E-state index contributed by atoms with van der Waals surface area (Å²) < 4.78 is 24.8. The quantitative estimate of drug-likeness (QED) is 0.334. The molecule has 3 aromatic carbocycles. The molecule has 0 unspecified atom stereocenters. The molecule has 30 heavy (non-hydrogen) atoms. The normalized spacial score (nSPS) is 10.5. The van der Waals surface area contributed by atoms with E-state index in [0.29, 0.717) is 40.9 Å². The van der Waals surface area contributed by atoms with Crippen molar-refractivity contribution in [2.75, 3.05) is 11.9 Å². The van der Waals surface area contributed by atoms with Crippen molar-refractivity contribution < 1.29 is 18.8 Å². The average Bonchev–Trinajstić information content (AvgIpc) is 2.72. The Labute approximate surface area is 178 Å². The van der Waals surface area contributed by atoms with Gasteiger partial charge >= 0.3 is 0 Å². The predicted molar refractivity (Wildman–Crippen MR) is 114 cm³/mol. The minimum Gasteiger partial charge on any atom is -0.490 e. The van der Waals surface area contributed by atoms with Gasteiger partial charge in [0.05, 0.1) is 16.6 Å². The van der Waals surface area contributed by atoms with E-state index in [4.69, 9.17) is 21.1 Å². The Morgan fingerprint density at radius 3 is 2.60 bits per heavy atom. The molecule has 0 aliphatic heterocycles. The summed E-state index contributed by atoms with van der Waals surface area (Å²) in [6.07, 6.45) is 0. The predicted octanol–water partition coefficient (Wildman–Crippen LogP) is 5.98. The molecule has 0 amide bonds. The zero-order chi connectivity index (χ0) is 21.5. The highest BCUT2D eigenvalue weighted by atomic mass is 35.5. The van der Waals surface area contributed by atoms with Crippen LogP contribution >= 0.6 is 11.6 Å². The maximum Gasteiger partial charge on any atom is 0.271 e. The van der Waals surface area contributed by atoms with Crippen LogP contribution in [0.1, 0.15) is 18.1 Å². The van der Waals surface area contributed by atoms with E-state index in [1.54, 1.807) is 36.4 Å². The molecule has 0 bridgehead atoms. The van der Waals surface area contributed by atoms with Gasteiger partial charge in [-0.2, -0.15) is 0 Å². The molecule has 0 aromatic heterocycles. The summed E-state index contributed by atoms with van der Waals surface area (Å²) in [5.41, 5.74) is 2.11. The first-order valence-electron chi connectivity index (χ1n) is 9.27. The molecule has 0 heterocycles. The van der Waals surface area contributed by atoms with Gasteiger partial charge in [-0.3, -0.25) is 10.1 Å². The van der Waals surface area contributed by atoms with Crippen LogP contribution in [0.25, 0.3) is 0 Å². The highest BCUT2D eigenvalue weighted by Gasteiger charge is 2.14. The third kappa shape index (κ3) is 5.61. The van der Waals surface area contributed by atoms with E-state index in [2.05, 4.69) is 5.32 Å². The number of ether oxygens (including phenoxy) is 2. The molecule has 0 fully saturated rings. The SMILES string of the molecule is CCOc1cc(CNc2cccc([N+](=O)[O-])c2)cc(Cl)c1OCc1cccc(F)c1. The number of benzene rings is 3. The average molecular weight is 431 g/mol. The van der Waals surface area contributed by atoms with Crippen LogP contribution in [-0.4, -0.2) is 11.5 Å². The van der Waals surface area contributed by atoms with Gasteiger partial charge in [0.15, 0.2) is 11.5 Å². The van der Waals surface area contributed by atoms with Crippen molar-refractivity contribution in [3.63, 3.8) is 0 Å². The van der Waals surface area contributed by atoms with E-state index in [0.717, 1.165) is 5.56 Å². The standard InChI is InChI=1S/C22H20ClFN2O4/c1-2-29-21-11-16(13-25-18-7-4-8-19(12-18)26(27)28)10-20(23)22(21)30-14-15-5-3-6-17(24)9-15/h3-12,25H,2,13-14H2,1H3. The van der Waals surface area contributed by atoms with Crippen molar-refractivity contribution in [1.82, 2.24) is 0 Å². The lowest BCUT2D eigenvalue weighted by Crippen LogP contribution is -2.04. The van der Waals surface area contributed by atoms with Crippen LogP contribution in [0, 0.1) is 15.9 Å². The summed E-state index contributed by atoms with van der Waals surface area (Å²) in [7, 11) is 0. The Bertz CT molecular complexity index is 1050. The first kappa shape index (κ1) is 21.4. The summed E-state index contributed by atoms with van der Waals surface area (Å²) >= 11 is 6.42. The molecule has 0 saturated carbocycles. The Morgan fingerprint density at radius 1 is 1.07 bits per heavy atom. The van der Waals surface area contributed by atoms with Crippen LogP contribution < -0.4 is 14.8 Å². The van der Waals surface area contributed by atoms with Crippen LogP contribution in [0.3, 0.4) is 0 Å². The van der Waals surface area contributed by atoms with Crippen LogP contribution in [0.4, 0.5) is 15.8 Å². The van der Waals surface area contributed by atoms with Crippen molar-refractivity contribution in [1.29, 1.82) is 0 Å². The van der Waals surface area contributed by atoms with E-state index in [-0.39, 0.29) is 18.1 Å². The van der Waals surface area contributed by atoms with E-state index < -0.39 is 4.92 Å². The highest BCUT2D eigenvalue weighted by molar-refractivity contribution is 6.32. The van der Waals surface area contributed by atoms with Crippen LogP contribution in [0.5, 0.6) is 11.5 Å².